The van der Waals surface area contributed by atoms with Crippen molar-refractivity contribution in [1.82, 2.24) is 4.98 Å². The molecule has 160 valence electrons. The van der Waals surface area contributed by atoms with Gasteiger partial charge in [0.25, 0.3) is 0 Å². The van der Waals surface area contributed by atoms with Gasteiger partial charge in [0, 0.05) is 34.6 Å². The Balaban J connectivity index is 0.000000176. The summed E-state index contributed by atoms with van der Waals surface area (Å²) in [5.74, 6) is -1.83. The number of nitrogens with one attached hydrogen (secondary N) is 2. The average Bonchev–Trinajstić information content (AvgIpc) is 3.17. The van der Waals surface area contributed by atoms with E-state index in [0.29, 0.717) is 6.42 Å². The maximum atomic E-state index is 10.8. The SMILES string of the molecule is C[C@H](Nc1cccc2ccccc12)C(=O)O.N[C@@H](Cc1c[nH]c2ccccc12)C(=O)O. The molecule has 0 aliphatic carbocycles. The first-order valence-electron chi connectivity index (χ1n) is 9.87. The van der Waals surface area contributed by atoms with Crippen LogP contribution in [0.4, 0.5) is 5.69 Å². The molecule has 4 rings (SSSR count). The van der Waals surface area contributed by atoms with Crippen LogP contribution in [0.25, 0.3) is 21.7 Å². The summed E-state index contributed by atoms with van der Waals surface area (Å²) in [4.78, 5) is 24.5. The van der Waals surface area contributed by atoms with Crippen LogP contribution in [0, 0.1) is 0 Å². The molecule has 0 saturated carbocycles. The summed E-state index contributed by atoms with van der Waals surface area (Å²) in [5, 5.41) is 23.7. The number of carboxylic acid groups (broad SMARTS) is 2. The molecule has 1 aromatic heterocycles. The van der Waals surface area contributed by atoms with Gasteiger partial charge < -0.3 is 26.2 Å². The Hall–Kier alpha value is -3.84. The second-order valence-corrected chi connectivity index (χ2v) is 7.24. The number of benzene rings is 3. The van der Waals surface area contributed by atoms with E-state index in [-0.39, 0.29) is 0 Å². The summed E-state index contributed by atoms with van der Waals surface area (Å²) in [6.07, 6.45) is 2.16. The molecule has 3 aromatic carbocycles. The third-order valence-electron chi connectivity index (χ3n) is 4.96. The fourth-order valence-electron chi connectivity index (χ4n) is 3.27. The average molecular weight is 419 g/mol. The maximum absolute atomic E-state index is 10.8. The molecule has 0 unspecified atom stereocenters. The monoisotopic (exact) mass is 419 g/mol. The van der Waals surface area contributed by atoms with Gasteiger partial charge in [0.05, 0.1) is 0 Å². The molecule has 4 aromatic rings. The zero-order chi connectivity index (χ0) is 22.4. The van der Waals surface area contributed by atoms with Gasteiger partial charge in [-0.05, 0) is 30.0 Å². The zero-order valence-electron chi connectivity index (χ0n) is 17.1. The van der Waals surface area contributed by atoms with Gasteiger partial charge in [-0.2, -0.15) is 0 Å². The van der Waals surface area contributed by atoms with Crippen LogP contribution in [0.1, 0.15) is 12.5 Å². The fourth-order valence-corrected chi connectivity index (χ4v) is 3.27. The van der Waals surface area contributed by atoms with Crippen molar-refractivity contribution < 1.29 is 19.8 Å². The molecule has 0 fully saturated rings. The van der Waals surface area contributed by atoms with Crippen LogP contribution < -0.4 is 11.1 Å². The number of carboxylic acids is 2. The highest BCUT2D eigenvalue weighted by Gasteiger charge is 2.14. The summed E-state index contributed by atoms with van der Waals surface area (Å²) in [6, 6.07) is 20.0. The van der Waals surface area contributed by atoms with Gasteiger partial charge in [-0.15, -0.1) is 0 Å². The van der Waals surface area contributed by atoms with Crippen LogP contribution in [-0.2, 0) is 16.0 Å². The molecule has 0 spiro atoms. The van der Waals surface area contributed by atoms with Crippen molar-refractivity contribution in [1.29, 1.82) is 0 Å². The van der Waals surface area contributed by atoms with Crippen molar-refractivity contribution in [3.8, 4) is 0 Å². The number of para-hydroxylation sites is 1. The third-order valence-corrected chi connectivity index (χ3v) is 4.96. The number of aliphatic carboxylic acids is 2. The van der Waals surface area contributed by atoms with E-state index in [9.17, 15) is 9.59 Å². The van der Waals surface area contributed by atoms with E-state index in [4.69, 9.17) is 15.9 Å². The molecule has 7 nitrogen and oxygen atoms in total. The van der Waals surface area contributed by atoms with E-state index in [2.05, 4.69) is 10.3 Å². The van der Waals surface area contributed by atoms with Gasteiger partial charge in [-0.25, -0.2) is 0 Å². The number of H-pyrrole nitrogens is 1. The molecule has 2 atom stereocenters. The molecular formula is C24H25N3O4. The first-order chi connectivity index (χ1) is 14.9. The predicted molar refractivity (Wildman–Crippen MR) is 122 cm³/mol. The van der Waals surface area contributed by atoms with Crippen molar-refractivity contribution in [3.63, 3.8) is 0 Å². The molecule has 31 heavy (non-hydrogen) atoms. The highest BCUT2D eigenvalue weighted by atomic mass is 16.4. The molecule has 0 bridgehead atoms. The number of aromatic amines is 1. The van der Waals surface area contributed by atoms with Gasteiger partial charge in [0.15, 0.2) is 0 Å². The minimum atomic E-state index is -0.972. The Kier molecular flexibility index (Phi) is 6.89. The van der Waals surface area contributed by atoms with E-state index < -0.39 is 24.0 Å². The molecule has 0 radical (unpaired) electrons. The molecule has 0 saturated heterocycles. The summed E-state index contributed by atoms with van der Waals surface area (Å²) < 4.78 is 0. The largest absolute Gasteiger partial charge is 0.480 e. The van der Waals surface area contributed by atoms with Crippen molar-refractivity contribution in [2.45, 2.75) is 25.4 Å². The maximum Gasteiger partial charge on any atom is 0.325 e. The number of anilines is 1. The van der Waals surface area contributed by atoms with E-state index in [1.807, 2.05) is 72.9 Å². The normalized spacial score (nSPS) is 12.6. The number of hydrogen-bond acceptors (Lipinski definition) is 4. The van der Waals surface area contributed by atoms with Gasteiger partial charge in [0.1, 0.15) is 12.1 Å². The predicted octanol–water partition coefficient (Wildman–Crippen LogP) is 3.85. The van der Waals surface area contributed by atoms with Gasteiger partial charge in [-0.1, -0.05) is 54.6 Å². The summed E-state index contributed by atoms with van der Waals surface area (Å²) >= 11 is 0. The van der Waals surface area contributed by atoms with Crippen LogP contribution in [0.3, 0.4) is 0 Å². The van der Waals surface area contributed by atoms with Crippen molar-refractivity contribution in [3.05, 3.63) is 78.5 Å². The zero-order valence-corrected chi connectivity index (χ0v) is 17.1. The highest BCUT2D eigenvalue weighted by Crippen LogP contribution is 2.23. The lowest BCUT2D eigenvalue weighted by molar-refractivity contribution is -0.139. The van der Waals surface area contributed by atoms with E-state index in [1.165, 1.54) is 0 Å². The van der Waals surface area contributed by atoms with Crippen LogP contribution >= 0.6 is 0 Å². The number of fused-ring (bicyclic) bond motifs is 2. The van der Waals surface area contributed by atoms with E-state index >= 15 is 0 Å². The van der Waals surface area contributed by atoms with Gasteiger partial charge in [-0.3, -0.25) is 9.59 Å². The topological polar surface area (TPSA) is 128 Å². The Morgan fingerprint density at radius 1 is 0.935 bits per heavy atom. The lowest BCUT2D eigenvalue weighted by Gasteiger charge is -2.12. The number of carbonyl (C=O) groups is 2. The van der Waals surface area contributed by atoms with Gasteiger partial charge >= 0.3 is 11.9 Å². The van der Waals surface area contributed by atoms with Crippen molar-refractivity contribution in [2.75, 3.05) is 5.32 Å². The number of rotatable bonds is 6. The molecule has 1 heterocycles. The Morgan fingerprint density at radius 2 is 1.58 bits per heavy atom. The quantitative estimate of drug-likeness (QED) is 0.323. The molecule has 0 amide bonds. The van der Waals surface area contributed by atoms with Crippen LogP contribution in [0.15, 0.2) is 72.9 Å². The van der Waals surface area contributed by atoms with Gasteiger partial charge in [0.2, 0.25) is 0 Å². The molecule has 0 aliphatic heterocycles. The van der Waals surface area contributed by atoms with Crippen LogP contribution in [0.5, 0.6) is 0 Å². The van der Waals surface area contributed by atoms with Crippen molar-refractivity contribution in [2.24, 2.45) is 5.73 Å². The summed E-state index contributed by atoms with van der Waals surface area (Å²) in [5.41, 5.74) is 8.29. The molecule has 0 aliphatic rings. The second kappa shape index (κ2) is 9.77. The first kappa shape index (κ1) is 21.9. The fraction of sp³-hybridized carbons (Fsp3) is 0.167. The molecule has 6 N–H and O–H groups in total. The Labute approximate surface area is 179 Å². The Morgan fingerprint density at radius 3 is 2.29 bits per heavy atom. The van der Waals surface area contributed by atoms with E-state index in [0.717, 1.165) is 32.9 Å². The Bertz CT molecular complexity index is 1200. The molecule has 7 heteroatoms. The van der Waals surface area contributed by atoms with Crippen LogP contribution in [0.2, 0.25) is 0 Å². The minimum Gasteiger partial charge on any atom is -0.480 e. The highest BCUT2D eigenvalue weighted by molar-refractivity contribution is 5.95. The summed E-state index contributed by atoms with van der Waals surface area (Å²) in [6.45, 7) is 1.63. The number of hydrogen-bond donors (Lipinski definition) is 5. The second-order valence-electron chi connectivity index (χ2n) is 7.24. The summed E-state index contributed by atoms with van der Waals surface area (Å²) in [7, 11) is 0. The first-order valence-corrected chi connectivity index (χ1v) is 9.87. The molecular weight excluding hydrogens is 394 g/mol. The smallest absolute Gasteiger partial charge is 0.325 e. The number of aromatic nitrogens is 1. The standard InChI is InChI=1S/C13H13NO2.C11H12N2O2/c1-9(13(15)16)14-12-8-4-6-10-5-2-3-7-11(10)12;12-9(11(14)15)5-7-6-13-10-4-2-1-3-8(7)10/h2-9,14H,1H3,(H,15,16);1-4,6,9,13H,5,12H2,(H,14,15)/t2*9-/m00/s1. The lowest BCUT2D eigenvalue weighted by Crippen LogP contribution is -2.32. The van der Waals surface area contributed by atoms with Crippen LogP contribution in [-0.4, -0.2) is 39.2 Å². The minimum absolute atomic E-state index is 0.347. The number of nitrogens with two attached hydrogens (primary N) is 1. The third kappa shape index (κ3) is 5.40. The van der Waals surface area contributed by atoms with E-state index in [1.54, 1.807) is 6.92 Å². The lowest BCUT2D eigenvalue weighted by atomic mass is 10.1. The van der Waals surface area contributed by atoms with Crippen molar-refractivity contribution >= 4 is 39.3 Å².